The predicted molar refractivity (Wildman–Crippen MR) is 72.2 cm³/mol. The van der Waals surface area contributed by atoms with Gasteiger partial charge in [-0.2, -0.15) is 0 Å². The van der Waals surface area contributed by atoms with E-state index in [-0.39, 0.29) is 0 Å². The second kappa shape index (κ2) is 5.85. The molecule has 0 saturated carbocycles. The third kappa shape index (κ3) is 3.81. The van der Waals surface area contributed by atoms with Gasteiger partial charge < -0.3 is 10.5 Å². The summed E-state index contributed by atoms with van der Waals surface area (Å²) in [5, 5.41) is 0. The van der Waals surface area contributed by atoms with Crippen LogP contribution in [0, 0.1) is 6.92 Å². The third-order valence-electron chi connectivity index (χ3n) is 2.48. The molecule has 1 aromatic carbocycles. The second-order valence-electron chi connectivity index (χ2n) is 4.24. The van der Waals surface area contributed by atoms with Crippen LogP contribution in [0.5, 0.6) is 5.75 Å². The van der Waals surface area contributed by atoms with Gasteiger partial charge >= 0.3 is 0 Å². The van der Waals surface area contributed by atoms with E-state index in [0.717, 1.165) is 11.3 Å². The van der Waals surface area contributed by atoms with Crippen molar-refractivity contribution in [1.82, 2.24) is 0 Å². The van der Waals surface area contributed by atoms with Gasteiger partial charge in [0.25, 0.3) is 0 Å². The normalized spacial score (nSPS) is 10.5. The van der Waals surface area contributed by atoms with Gasteiger partial charge in [-0.3, -0.25) is 0 Å². The highest BCUT2D eigenvalue weighted by Gasteiger charge is 2.04. The summed E-state index contributed by atoms with van der Waals surface area (Å²) in [5.74, 6) is 1.45. The standard InChI is InChI=1S/C13H19NOS/c1-9(2)11-5-4-10(3)12(8-11)15-7-6-13(14)16/h4-5,8-9H,6-7H2,1-3H3,(H2,14,16). The first-order chi connectivity index (χ1) is 7.50. The van der Waals surface area contributed by atoms with Crippen LogP contribution in [0.3, 0.4) is 0 Å². The van der Waals surface area contributed by atoms with Crippen LogP contribution in [0.25, 0.3) is 0 Å². The quantitative estimate of drug-likeness (QED) is 0.799. The molecule has 1 rings (SSSR count). The van der Waals surface area contributed by atoms with Gasteiger partial charge in [0.15, 0.2) is 0 Å². The largest absolute Gasteiger partial charge is 0.493 e. The molecule has 88 valence electrons. The van der Waals surface area contributed by atoms with E-state index >= 15 is 0 Å². The first kappa shape index (κ1) is 13.0. The fourth-order valence-corrected chi connectivity index (χ4v) is 1.48. The molecule has 1 aromatic rings. The van der Waals surface area contributed by atoms with Gasteiger partial charge in [-0.25, -0.2) is 0 Å². The van der Waals surface area contributed by atoms with E-state index in [4.69, 9.17) is 22.7 Å². The molecular formula is C13H19NOS. The predicted octanol–water partition coefficient (Wildman–Crippen LogP) is 3.17. The molecule has 0 aliphatic rings. The Bertz CT molecular complexity index is 374. The summed E-state index contributed by atoms with van der Waals surface area (Å²) in [5.41, 5.74) is 7.86. The Hall–Kier alpha value is -1.09. The summed E-state index contributed by atoms with van der Waals surface area (Å²) in [4.78, 5) is 0.498. The van der Waals surface area contributed by atoms with Crippen LogP contribution in [0.15, 0.2) is 18.2 Å². The molecule has 0 atom stereocenters. The van der Waals surface area contributed by atoms with Gasteiger partial charge in [-0.05, 0) is 30.0 Å². The molecule has 0 fully saturated rings. The lowest BCUT2D eigenvalue weighted by atomic mass is 10.0. The molecule has 0 bridgehead atoms. The molecular weight excluding hydrogens is 218 g/mol. The van der Waals surface area contributed by atoms with E-state index in [1.165, 1.54) is 5.56 Å². The van der Waals surface area contributed by atoms with Crippen molar-refractivity contribution in [3.8, 4) is 5.75 Å². The summed E-state index contributed by atoms with van der Waals surface area (Å²) in [6, 6.07) is 6.32. The zero-order chi connectivity index (χ0) is 12.1. The van der Waals surface area contributed by atoms with Crippen LogP contribution in [0.2, 0.25) is 0 Å². The molecule has 3 heteroatoms. The van der Waals surface area contributed by atoms with Gasteiger partial charge in [-0.1, -0.05) is 38.2 Å². The van der Waals surface area contributed by atoms with Crippen LogP contribution >= 0.6 is 12.2 Å². The Morgan fingerprint density at radius 3 is 2.69 bits per heavy atom. The number of ether oxygens (including phenoxy) is 1. The molecule has 0 heterocycles. The van der Waals surface area contributed by atoms with Gasteiger partial charge in [0.05, 0.1) is 11.6 Å². The first-order valence-electron chi connectivity index (χ1n) is 5.52. The van der Waals surface area contributed by atoms with E-state index in [0.29, 0.717) is 23.9 Å². The Morgan fingerprint density at radius 1 is 1.44 bits per heavy atom. The lowest BCUT2D eigenvalue weighted by Gasteiger charge is -2.12. The van der Waals surface area contributed by atoms with Crippen LogP contribution < -0.4 is 10.5 Å². The molecule has 0 aliphatic carbocycles. The Morgan fingerprint density at radius 2 is 2.12 bits per heavy atom. The van der Waals surface area contributed by atoms with Crippen molar-refractivity contribution in [2.75, 3.05) is 6.61 Å². The van der Waals surface area contributed by atoms with E-state index in [1.807, 2.05) is 6.92 Å². The summed E-state index contributed by atoms with van der Waals surface area (Å²) in [7, 11) is 0. The average molecular weight is 237 g/mol. The van der Waals surface area contributed by atoms with Crippen molar-refractivity contribution in [3.05, 3.63) is 29.3 Å². The maximum Gasteiger partial charge on any atom is 0.122 e. The maximum absolute atomic E-state index is 5.67. The topological polar surface area (TPSA) is 35.2 Å². The van der Waals surface area contributed by atoms with Gasteiger partial charge in [0.2, 0.25) is 0 Å². The van der Waals surface area contributed by atoms with E-state index in [1.54, 1.807) is 0 Å². The maximum atomic E-state index is 5.67. The fourth-order valence-electron chi connectivity index (χ4n) is 1.39. The summed E-state index contributed by atoms with van der Waals surface area (Å²) < 4.78 is 5.67. The van der Waals surface area contributed by atoms with E-state index in [2.05, 4.69) is 32.0 Å². The molecule has 0 spiro atoms. The van der Waals surface area contributed by atoms with Crippen LogP contribution in [0.4, 0.5) is 0 Å². The highest BCUT2D eigenvalue weighted by molar-refractivity contribution is 7.80. The SMILES string of the molecule is Cc1ccc(C(C)C)cc1OCCC(N)=S. The minimum Gasteiger partial charge on any atom is -0.493 e. The zero-order valence-corrected chi connectivity index (χ0v) is 10.9. The number of rotatable bonds is 5. The molecule has 0 saturated heterocycles. The zero-order valence-electron chi connectivity index (χ0n) is 10.1. The molecule has 16 heavy (non-hydrogen) atoms. The van der Waals surface area contributed by atoms with Crippen molar-refractivity contribution >= 4 is 17.2 Å². The lowest BCUT2D eigenvalue weighted by Crippen LogP contribution is -2.12. The van der Waals surface area contributed by atoms with Gasteiger partial charge in [0, 0.05) is 6.42 Å². The highest BCUT2D eigenvalue weighted by atomic mass is 32.1. The smallest absolute Gasteiger partial charge is 0.122 e. The van der Waals surface area contributed by atoms with Crippen molar-refractivity contribution < 1.29 is 4.74 Å². The minimum atomic E-state index is 0.498. The first-order valence-corrected chi connectivity index (χ1v) is 5.93. The van der Waals surface area contributed by atoms with Gasteiger partial charge in [0.1, 0.15) is 5.75 Å². The molecule has 0 amide bonds. The van der Waals surface area contributed by atoms with Crippen LogP contribution in [-0.4, -0.2) is 11.6 Å². The third-order valence-corrected chi connectivity index (χ3v) is 2.69. The van der Waals surface area contributed by atoms with Gasteiger partial charge in [-0.15, -0.1) is 0 Å². The second-order valence-corrected chi connectivity index (χ2v) is 4.77. The number of nitrogens with two attached hydrogens (primary N) is 1. The highest BCUT2D eigenvalue weighted by Crippen LogP contribution is 2.24. The number of benzene rings is 1. The molecule has 0 aliphatic heterocycles. The fraction of sp³-hybridized carbons (Fsp3) is 0.462. The van der Waals surface area contributed by atoms with Crippen LogP contribution in [-0.2, 0) is 0 Å². The van der Waals surface area contributed by atoms with Crippen molar-refractivity contribution in [2.45, 2.75) is 33.1 Å². The van der Waals surface area contributed by atoms with Crippen LogP contribution in [0.1, 0.15) is 37.3 Å². The summed E-state index contributed by atoms with van der Waals surface area (Å²) in [6.45, 7) is 6.94. The Labute approximate surface area is 103 Å². The number of hydrogen-bond donors (Lipinski definition) is 1. The number of aryl methyl sites for hydroxylation is 1. The lowest BCUT2D eigenvalue weighted by molar-refractivity contribution is 0.327. The average Bonchev–Trinajstić information content (AvgIpc) is 2.20. The molecule has 0 radical (unpaired) electrons. The van der Waals surface area contributed by atoms with E-state index < -0.39 is 0 Å². The van der Waals surface area contributed by atoms with Crippen molar-refractivity contribution in [1.29, 1.82) is 0 Å². The number of thiocarbonyl (C=S) groups is 1. The summed E-state index contributed by atoms with van der Waals surface area (Å²) >= 11 is 4.81. The Kier molecular flexibility index (Phi) is 4.74. The molecule has 2 N–H and O–H groups in total. The van der Waals surface area contributed by atoms with Crippen molar-refractivity contribution in [2.24, 2.45) is 5.73 Å². The summed E-state index contributed by atoms with van der Waals surface area (Å²) in [6.07, 6.45) is 0.626. The monoisotopic (exact) mass is 237 g/mol. The molecule has 2 nitrogen and oxygen atoms in total. The Balaban J connectivity index is 2.70. The van der Waals surface area contributed by atoms with Crippen molar-refractivity contribution in [3.63, 3.8) is 0 Å². The number of hydrogen-bond acceptors (Lipinski definition) is 2. The molecule has 0 unspecified atom stereocenters. The minimum absolute atomic E-state index is 0.498. The van der Waals surface area contributed by atoms with E-state index in [9.17, 15) is 0 Å². The molecule has 0 aromatic heterocycles.